The fourth-order valence-electron chi connectivity index (χ4n) is 4.05. The second-order valence-corrected chi connectivity index (χ2v) is 9.28. The van der Waals surface area contributed by atoms with Gasteiger partial charge in [-0.25, -0.2) is 23.9 Å². The Morgan fingerprint density at radius 1 is 1.24 bits per heavy atom. The molecule has 10 heteroatoms. The van der Waals surface area contributed by atoms with Crippen molar-refractivity contribution in [2.24, 2.45) is 0 Å². The lowest BCUT2D eigenvalue weighted by atomic mass is 10.1. The highest BCUT2D eigenvalue weighted by atomic mass is 19.1. The fourth-order valence-corrected chi connectivity index (χ4v) is 4.05. The van der Waals surface area contributed by atoms with Gasteiger partial charge >= 0.3 is 0 Å². The Kier molecular flexibility index (Phi) is 5.40. The van der Waals surface area contributed by atoms with Gasteiger partial charge in [0.25, 0.3) is 5.91 Å². The normalized spacial score (nSPS) is 16.5. The third-order valence-electron chi connectivity index (χ3n) is 5.78. The number of aromatic nitrogens is 5. The zero-order chi connectivity index (χ0) is 24.0. The van der Waals surface area contributed by atoms with Gasteiger partial charge in [-0.2, -0.15) is 0 Å². The van der Waals surface area contributed by atoms with E-state index in [1.807, 2.05) is 36.1 Å². The van der Waals surface area contributed by atoms with Gasteiger partial charge in [0.2, 0.25) is 0 Å². The minimum Gasteiger partial charge on any atom is -0.389 e. The number of carbonyl (C=O) groups excluding carboxylic acids is 1. The average molecular weight is 464 g/mol. The molecule has 0 aliphatic carbocycles. The number of carbonyl (C=O) groups is 1. The van der Waals surface area contributed by atoms with Crippen LogP contribution in [0.2, 0.25) is 0 Å². The summed E-state index contributed by atoms with van der Waals surface area (Å²) in [5, 5.41) is 17.4. The minimum atomic E-state index is -1.07. The Balaban J connectivity index is 1.62. The second-order valence-electron chi connectivity index (χ2n) is 9.28. The Morgan fingerprint density at radius 2 is 1.97 bits per heavy atom. The predicted octanol–water partition coefficient (Wildman–Crippen LogP) is 2.70. The van der Waals surface area contributed by atoms with Crippen LogP contribution in [0.4, 0.5) is 10.2 Å². The molecule has 34 heavy (non-hydrogen) atoms. The number of rotatable bonds is 5. The molecule has 9 nitrogen and oxygen atoms in total. The largest absolute Gasteiger partial charge is 0.389 e. The van der Waals surface area contributed by atoms with Crippen LogP contribution in [-0.2, 0) is 0 Å². The maximum atomic E-state index is 13.9. The molecule has 5 rings (SSSR count). The van der Waals surface area contributed by atoms with Crippen LogP contribution in [0.25, 0.3) is 28.1 Å². The lowest BCUT2D eigenvalue weighted by molar-refractivity contribution is 0.0695. The maximum absolute atomic E-state index is 13.9. The lowest BCUT2D eigenvalue weighted by Crippen LogP contribution is -2.38. The quantitative estimate of drug-likeness (QED) is 0.468. The van der Waals surface area contributed by atoms with Gasteiger partial charge in [0.15, 0.2) is 11.5 Å². The highest BCUT2D eigenvalue weighted by molar-refractivity contribution is 6.00. The average Bonchev–Trinajstić information content (AvgIpc) is 3.42. The predicted molar refractivity (Wildman–Crippen MR) is 127 cm³/mol. The zero-order valence-corrected chi connectivity index (χ0v) is 19.3. The Hall–Kier alpha value is -3.66. The SMILES string of the molecule is Cc1nc2ccccc2nc1-c1cn2nc(N3CC[C@@H](F)C3)cc(C(=O)NCC(C)(C)O)c2n1. The highest BCUT2D eigenvalue weighted by Gasteiger charge is 2.26. The Labute approximate surface area is 195 Å². The van der Waals surface area contributed by atoms with Gasteiger partial charge in [-0.1, -0.05) is 12.1 Å². The first-order valence-corrected chi connectivity index (χ1v) is 11.2. The number of hydrogen-bond acceptors (Lipinski definition) is 7. The van der Waals surface area contributed by atoms with E-state index in [1.165, 1.54) is 4.52 Å². The zero-order valence-electron chi connectivity index (χ0n) is 19.3. The van der Waals surface area contributed by atoms with Gasteiger partial charge in [0.05, 0.1) is 40.6 Å². The maximum Gasteiger partial charge on any atom is 0.255 e. The molecule has 1 aromatic carbocycles. The van der Waals surface area contributed by atoms with Crippen molar-refractivity contribution in [1.29, 1.82) is 0 Å². The van der Waals surface area contributed by atoms with Crippen LogP contribution >= 0.6 is 0 Å². The van der Waals surface area contributed by atoms with Crippen molar-refractivity contribution < 1.29 is 14.3 Å². The van der Waals surface area contributed by atoms with Crippen LogP contribution in [0, 0.1) is 6.92 Å². The molecule has 2 N–H and O–H groups in total. The molecule has 176 valence electrons. The summed E-state index contributed by atoms with van der Waals surface area (Å²) in [5.41, 5.74) is 2.91. The van der Waals surface area contributed by atoms with Crippen molar-refractivity contribution in [2.45, 2.75) is 39.0 Å². The van der Waals surface area contributed by atoms with E-state index >= 15 is 0 Å². The summed E-state index contributed by atoms with van der Waals surface area (Å²) in [6.07, 6.45) is 1.19. The van der Waals surface area contributed by atoms with Crippen molar-refractivity contribution in [3.63, 3.8) is 0 Å². The number of fused-ring (bicyclic) bond motifs is 2. The molecule has 1 amide bonds. The first-order valence-electron chi connectivity index (χ1n) is 11.2. The number of halogens is 1. The molecule has 0 radical (unpaired) electrons. The first-order chi connectivity index (χ1) is 16.2. The van der Waals surface area contributed by atoms with E-state index in [4.69, 9.17) is 4.98 Å². The number of nitrogens with one attached hydrogen (secondary N) is 1. The number of anilines is 1. The van der Waals surface area contributed by atoms with Crippen LogP contribution in [0.5, 0.6) is 0 Å². The van der Waals surface area contributed by atoms with Crippen molar-refractivity contribution in [1.82, 2.24) is 29.9 Å². The molecule has 3 aromatic heterocycles. The number of nitrogens with zero attached hydrogens (tertiary/aromatic N) is 6. The molecule has 1 aliphatic heterocycles. The Bertz CT molecular complexity index is 1400. The van der Waals surface area contributed by atoms with E-state index in [-0.39, 0.29) is 18.7 Å². The number of hydrogen-bond donors (Lipinski definition) is 2. The minimum absolute atomic E-state index is 0.0642. The number of benzene rings is 1. The number of alkyl halides is 1. The van der Waals surface area contributed by atoms with Crippen LogP contribution in [0.15, 0.2) is 36.5 Å². The number of imidazole rings is 1. The summed E-state index contributed by atoms with van der Waals surface area (Å²) in [6, 6.07) is 9.21. The van der Waals surface area contributed by atoms with Gasteiger partial charge in [-0.15, -0.1) is 5.10 Å². The van der Waals surface area contributed by atoms with Crippen molar-refractivity contribution in [3.05, 3.63) is 47.8 Å². The summed E-state index contributed by atoms with van der Waals surface area (Å²) in [6.45, 7) is 5.89. The molecule has 0 saturated carbocycles. The highest BCUT2D eigenvalue weighted by Crippen LogP contribution is 2.27. The van der Waals surface area contributed by atoms with Crippen LogP contribution < -0.4 is 10.2 Å². The lowest BCUT2D eigenvalue weighted by Gasteiger charge is -2.19. The summed E-state index contributed by atoms with van der Waals surface area (Å²) in [4.78, 5) is 29.0. The van der Waals surface area contributed by atoms with E-state index in [0.29, 0.717) is 41.5 Å². The van der Waals surface area contributed by atoms with Crippen LogP contribution in [0.1, 0.15) is 36.3 Å². The van der Waals surface area contributed by atoms with Crippen LogP contribution in [0.3, 0.4) is 0 Å². The Morgan fingerprint density at radius 3 is 2.65 bits per heavy atom. The second kappa shape index (κ2) is 8.28. The molecule has 4 heterocycles. The standard InChI is InChI=1S/C24H26FN7O2/c1-14-21(28-18-7-5-4-6-17(18)27-14)19-12-32-22(29-19)16(23(33)26-13-24(2,3)34)10-20(30-32)31-9-8-15(25)11-31/h4-7,10,12,15,34H,8-9,11,13H2,1-3H3,(H,26,33)/t15-/m1/s1. The monoisotopic (exact) mass is 463 g/mol. The van der Waals surface area contributed by atoms with Crippen molar-refractivity contribution >= 4 is 28.4 Å². The molecule has 1 atom stereocenters. The molecule has 1 saturated heterocycles. The van der Waals surface area contributed by atoms with Gasteiger partial charge in [-0.05, 0) is 45.4 Å². The smallest absolute Gasteiger partial charge is 0.255 e. The topological polar surface area (TPSA) is 109 Å². The molecule has 0 spiro atoms. The number of para-hydroxylation sites is 2. The summed E-state index contributed by atoms with van der Waals surface area (Å²) in [5.74, 6) is 0.0940. The molecule has 1 aliphatic rings. The molecular weight excluding hydrogens is 437 g/mol. The summed E-state index contributed by atoms with van der Waals surface area (Å²) >= 11 is 0. The molecular formula is C24H26FN7O2. The summed E-state index contributed by atoms with van der Waals surface area (Å²) < 4.78 is 15.4. The van der Waals surface area contributed by atoms with E-state index in [2.05, 4.69) is 20.4 Å². The van der Waals surface area contributed by atoms with Gasteiger partial charge in [0.1, 0.15) is 17.6 Å². The van der Waals surface area contributed by atoms with Gasteiger partial charge in [-0.3, -0.25) is 4.79 Å². The number of aryl methyl sites for hydroxylation is 1. The van der Waals surface area contributed by atoms with Gasteiger partial charge in [0, 0.05) is 13.1 Å². The van der Waals surface area contributed by atoms with E-state index in [0.717, 1.165) is 11.0 Å². The molecule has 0 unspecified atom stereocenters. The summed E-state index contributed by atoms with van der Waals surface area (Å²) in [7, 11) is 0. The van der Waals surface area contributed by atoms with Crippen LogP contribution in [-0.4, -0.2) is 67.0 Å². The van der Waals surface area contributed by atoms with Crippen molar-refractivity contribution in [2.75, 3.05) is 24.5 Å². The molecule has 0 bridgehead atoms. The van der Waals surface area contributed by atoms with Crippen molar-refractivity contribution in [3.8, 4) is 11.4 Å². The molecule has 4 aromatic rings. The first kappa shape index (κ1) is 22.1. The van der Waals surface area contributed by atoms with Gasteiger partial charge < -0.3 is 15.3 Å². The van der Waals surface area contributed by atoms with E-state index in [9.17, 15) is 14.3 Å². The number of amides is 1. The van der Waals surface area contributed by atoms with E-state index in [1.54, 1.807) is 26.1 Å². The molecule has 1 fully saturated rings. The van der Waals surface area contributed by atoms with E-state index < -0.39 is 17.7 Å². The third-order valence-corrected chi connectivity index (χ3v) is 5.78. The number of aliphatic hydroxyl groups is 1. The fraction of sp³-hybridized carbons (Fsp3) is 0.375. The third kappa shape index (κ3) is 4.28.